The van der Waals surface area contributed by atoms with Gasteiger partial charge >= 0.3 is 5.97 Å². The number of nitrogens with zero attached hydrogens (tertiary/aromatic N) is 5. The first-order valence-electron chi connectivity index (χ1n) is 9.64. The number of aromatic nitrogens is 3. The van der Waals surface area contributed by atoms with Crippen LogP contribution in [0.5, 0.6) is 0 Å². The molecule has 0 radical (unpaired) electrons. The summed E-state index contributed by atoms with van der Waals surface area (Å²) in [6.45, 7) is 6.64. The Labute approximate surface area is 174 Å². The smallest absolute Gasteiger partial charge is 0.339 e. The van der Waals surface area contributed by atoms with E-state index in [0.717, 1.165) is 42.0 Å². The zero-order valence-electron chi connectivity index (χ0n) is 16.4. The molecule has 150 valence electrons. The van der Waals surface area contributed by atoms with E-state index in [1.54, 1.807) is 19.2 Å². The van der Waals surface area contributed by atoms with Crippen LogP contribution in [0, 0.1) is 0 Å². The van der Waals surface area contributed by atoms with Crippen molar-refractivity contribution in [2.45, 2.75) is 19.9 Å². The molecular formula is C21H22ClN5O2. The number of esters is 1. The van der Waals surface area contributed by atoms with Crippen LogP contribution in [0.3, 0.4) is 0 Å². The van der Waals surface area contributed by atoms with E-state index in [-0.39, 0.29) is 12.0 Å². The fourth-order valence-electron chi connectivity index (χ4n) is 3.66. The monoisotopic (exact) mass is 411 g/mol. The Morgan fingerprint density at radius 1 is 1.17 bits per heavy atom. The van der Waals surface area contributed by atoms with Crippen LogP contribution in [0.15, 0.2) is 42.6 Å². The van der Waals surface area contributed by atoms with Crippen LogP contribution in [0.4, 0.5) is 11.6 Å². The molecule has 0 unspecified atom stereocenters. The molecule has 0 amide bonds. The fraction of sp³-hybridized carbons (Fsp3) is 0.333. The maximum atomic E-state index is 11.8. The zero-order chi connectivity index (χ0) is 20.4. The van der Waals surface area contributed by atoms with Gasteiger partial charge in [0.05, 0.1) is 12.2 Å². The van der Waals surface area contributed by atoms with Crippen molar-refractivity contribution in [2.75, 3.05) is 36.0 Å². The first kappa shape index (κ1) is 19.4. The number of fused-ring (bicyclic) bond motifs is 1. The van der Waals surface area contributed by atoms with Crippen LogP contribution in [0.1, 0.15) is 24.2 Å². The van der Waals surface area contributed by atoms with Crippen molar-refractivity contribution in [1.29, 1.82) is 0 Å². The van der Waals surface area contributed by atoms with Gasteiger partial charge in [-0.3, -0.25) is 0 Å². The molecule has 2 aromatic heterocycles. The number of hydrogen-bond acceptors (Lipinski definition) is 7. The molecule has 1 fully saturated rings. The van der Waals surface area contributed by atoms with E-state index in [0.29, 0.717) is 17.3 Å². The number of benzene rings is 1. The summed E-state index contributed by atoms with van der Waals surface area (Å²) in [5, 5.41) is 10.9. The van der Waals surface area contributed by atoms with Crippen molar-refractivity contribution >= 4 is 40.0 Å². The molecule has 1 aromatic carbocycles. The van der Waals surface area contributed by atoms with Gasteiger partial charge in [0.1, 0.15) is 5.82 Å². The minimum atomic E-state index is -0.349. The summed E-state index contributed by atoms with van der Waals surface area (Å²) in [5.41, 5.74) is 0.463. The SMILES string of the molecule is CCOC(=O)c1ccc(N2CCN(c3nnc(Cl)c4ccccc34)[C@@H](C)C2)nc1. The predicted molar refractivity (Wildman–Crippen MR) is 114 cm³/mol. The van der Waals surface area contributed by atoms with E-state index in [2.05, 4.69) is 31.9 Å². The molecule has 0 bridgehead atoms. The Bertz CT molecular complexity index is 1030. The van der Waals surface area contributed by atoms with Gasteiger partial charge < -0.3 is 14.5 Å². The molecule has 8 heteroatoms. The maximum Gasteiger partial charge on any atom is 0.339 e. The van der Waals surface area contributed by atoms with Crippen molar-refractivity contribution in [3.05, 3.63) is 53.3 Å². The van der Waals surface area contributed by atoms with Gasteiger partial charge in [-0.1, -0.05) is 35.9 Å². The van der Waals surface area contributed by atoms with Gasteiger partial charge in [0, 0.05) is 42.6 Å². The standard InChI is InChI=1S/C21H22ClN5O2/c1-3-29-21(28)15-8-9-18(23-12-15)26-10-11-27(14(2)13-26)20-17-7-5-4-6-16(17)19(22)24-25-20/h4-9,12,14H,3,10-11,13H2,1-2H3/t14-/m0/s1. The second-order valence-corrected chi connectivity index (χ2v) is 7.33. The summed E-state index contributed by atoms with van der Waals surface area (Å²) in [7, 11) is 0. The quantitative estimate of drug-likeness (QED) is 0.607. The highest BCUT2D eigenvalue weighted by Gasteiger charge is 2.27. The zero-order valence-corrected chi connectivity index (χ0v) is 17.1. The van der Waals surface area contributed by atoms with E-state index < -0.39 is 0 Å². The van der Waals surface area contributed by atoms with E-state index in [1.165, 1.54) is 0 Å². The molecule has 1 aliphatic rings. The van der Waals surface area contributed by atoms with Crippen LogP contribution < -0.4 is 9.80 Å². The summed E-state index contributed by atoms with van der Waals surface area (Å²) >= 11 is 6.22. The van der Waals surface area contributed by atoms with E-state index >= 15 is 0 Å². The largest absolute Gasteiger partial charge is 0.462 e. The number of halogens is 1. The molecule has 4 rings (SSSR count). The van der Waals surface area contributed by atoms with Gasteiger partial charge in [0.25, 0.3) is 0 Å². The maximum absolute atomic E-state index is 11.8. The summed E-state index contributed by atoms with van der Waals surface area (Å²) in [5.74, 6) is 1.34. The molecule has 1 saturated heterocycles. The van der Waals surface area contributed by atoms with E-state index in [1.807, 2.05) is 30.3 Å². The Balaban J connectivity index is 1.52. The lowest BCUT2D eigenvalue weighted by molar-refractivity contribution is 0.0526. The lowest BCUT2D eigenvalue weighted by Crippen LogP contribution is -2.52. The van der Waals surface area contributed by atoms with E-state index in [9.17, 15) is 4.79 Å². The van der Waals surface area contributed by atoms with Gasteiger partial charge in [0.2, 0.25) is 0 Å². The third-order valence-corrected chi connectivity index (χ3v) is 5.38. The van der Waals surface area contributed by atoms with Crippen LogP contribution in [0.2, 0.25) is 5.15 Å². The van der Waals surface area contributed by atoms with Gasteiger partial charge in [-0.15, -0.1) is 10.2 Å². The lowest BCUT2D eigenvalue weighted by Gasteiger charge is -2.41. The number of hydrogen-bond donors (Lipinski definition) is 0. The highest BCUT2D eigenvalue weighted by molar-refractivity contribution is 6.34. The molecule has 7 nitrogen and oxygen atoms in total. The number of carbonyl (C=O) groups excluding carboxylic acids is 1. The minimum Gasteiger partial charge on any atom is -0.462 e. The normalized spacial score (nSPS) is 16.9. The van der Waals surface area contributed by atoms with Crippen molar-refractivity contribution in [2.24, 2.45) is 0 Å². The highest BCUT2D eigenvalue weighted by atomic mass is 35.5. The number of anilines is 2. The first-order valence-corrected chi connectivity index (χ1v) is 10.0. The number of pyridine rings is 1. The van der Waals surface area contributed by atoms with Gasteiger partial charge in [0.15, 0.2) is 11.0 Å². The Hall–Kier alpha value is -2.93. The molecule has 3 heterocycles. The molecule has 0 saturated carbocycles. The number of carbonyl (C=O) groups is 1. The van der Waals surface area contributed by atoms with Crippen LogP contribution >= 0.6 is 11.6 Å². The summed E-state index contributed by atoms with van der Waals surface area (Å²) in [6, 6.07) is 11.8. The molecule has 3 aromatic rings. The average Bonchev–Trinajstić information content (AvgIpc) is 2.75. The van der Waals surface area contributed by atoms with Crippen LogP contribution in [-0.4, -0.2) is 53.4 Å². The topological polar surface area (TPSA) is 71.5 Å². The highest BCUT2D eigenvalue weighted by Crippen LogP contribution is 2.30. The number of ether oxygens (including phenoxy) is 1. The van der Waals surface area contributed by atoms with Crippen molar-refractivity contribution in [1.82, 2.24) is 15.2 Å². The van der Waals surface area contributed by atoms with Gasteiger partial charge in [-0.2, -0.15) is 0 Å². The van der Waals surface area contributed by atoms with Crippen molar-refractivity contribution < 1.29 is 9.53 Å². The molecule has 0 spiro atoms. The minimum absolute atomic E-state index is 0.203. The average molecular weight is 412 g/mol. The summed E-state index contributed by atoms with van der Waals surface area (Å²) in [6.07, 6.45) is 1.57. The molecule has 1 aliphatic heterocycles. The first-order chi connectivity index (χ1) is 14.1. The third-order valence-electron chi connectivity index (χ3n) is 5.11. The van der Waals surface area contributed by atoms with E-state index in [4.69, 9.17) is 16.3 Å². The fourth-order valence-corrected chi connectivity index (χ4v) is 3.86. The number of piperazine rings is 1. The Morgan fingerprint density at radius 2 is 1.97 bits per heavy atom. The third kappa shape index (κ3) is 3.82. The Kier molecular flexibility index (Phi) is 5.49. The molecular weight excluding hydrogens is 390 g/mol. The lowest BCUT2D eigenvalue weighted by atomic mass is 10.1. The van der Waals surface area contributed by atoms with Gasteiger partial charge in [-0.05, 0) is 26.0 Å². The second kappa shape index (κ2) is 8.21. The predicted octanol–water partition coefficient (Wildman–Crippen LogP) is 3.57. The van der Waals surface area contributed by atoms with Crippen molar-refractivity contribution in [3.63, 3.8) is 0 Å². The molecule has 1 atom stereocenters. The molecule has 0 N–H and O–H groups in total. The Morgan fingerprint density at radius 3 is 2.66 bits per heavy atom. The summed E-state index contributed by atoms with van der Waals surface area (Å²) < 4.78 is 5.02. The molecule has 0 aliphatic carbocycles. The second-order valence-electron chi connectivity index (χ2n) is 6.97. The van der Waals surface area contributed by atoms with Crippen LogP contribution in [-0.2, 0) is 4.74 Å². The van der Waals surface area contributed by atoms with Crippen LogP contribution in [0.25, 0.3) is 10.8 Å². The number of rotatable bonds is 4. The summed E-state index contributed by atoms with van der Waals surface area (Å²) in [4.78, 5) is 20.7. The van der Waals surface area contributed by atoms with Crippen molar-refractivity contribution in [3.8, 4) is 0 Å². The van der Waals surface area contributed by atoms with Gasteiger partial charge in [-0.25, -0.2) is 9.78 Å². The molecule has 29 heavy (non-hydrogen) atoms.